The predicted molar refractivity (Wildman–Crippen MR) is 84.4 cm³/mol. The summed E-state index contributed by atoms with van der Waals surface area (Å²) >= 11 is 12.2. The predicted octanol–water partition coefficient (Wildman–Crippen LogP) is 5.19. The highest BCUT2D eigenvalue weighted by Gasteiger charge is 2.38. The van der Waals surface area contributed by atoms with Crippen molar-refractivity contribution in [3.63, 3.8) is 0 Å². The highest BCUT2D eigenvalue weighted by atomic mass is 35.5. The van der Waals surface area contributed by atoms with E-state index in [0.717, 1.165) is 13.1 Å². The van der Waals surface area contributed by atoms with Gasteiger partial charge in [-0.15, -0.1) is 0 Å². The van der Waals surface area contributed by atoms with Crippen LogP contribution in [0.3, 0.4) is 0 Å². The maximum Gasteiger partial charge on any atom is 0.0595 e. The molecule has 0 saturated heterocycles. The summed E-state index contributed by atoms with van der Waals surface area (Å²) in [4.78, 5) is 0. The summed E-state index contributed by atoms with van der Waals surface area (Å²) in [7, 11) is 0. The first-order valence-corrected chi connectivity index (χ1v) is 8.10. The van der Waals surface area contributed by atoms with Gasteiger partial charge in [-0.3, -0.25) is 0 Å². The third kappa shape index (κ3) is 3.65. The lowest BCUT2D eigenvalue weighted by atomic mass is 9.64. The minimum absolute atomic E-state index is 0.292. The number of hydrogen-bond donors (Lipinski definition) is 1. The molecule has 0 unspecified atom stereocenters. The van der Waals surface area contributed by atoms with Crippen LogP contribution in [-0.4, -0.2) is 13.1 Å². The van der Waals surface area contributed by atoms with E-state index in [1.165, 1.54) is 44.1 Å². The summed E-state index contributed by atoms with van der Waals surface area (Å²) in [6, 6.07) is 6.12. The second-order valence-electron chi connectivity index (χ2n) is 5.65. The van der Waals surface area contributed by atoms with Gasteiger partial charge in [0, 0.05) is 12.0 Å². The average molecular weight is 300 g/mol. The largest absolute Gasteiger partial charge is 0.316 e. The molecule has 3 heteroatoms. The Hall–Kier alpha value is -0.240. The van der Waals surface area contributed by atoms with Crippen LogP contribution in [0.25, 0.3) is 0 Å². The molecular formula is C16H23Cl2N. The lowest BCUT2D eigenvalue weighted by molar-refractivity contribution is 0.233. The average Bonchev–Trinajstić information content (AvgIpc) is 2.35. The van der Waals surface area contributed by atoms with Crippen molar-refractivity contribution in [1.82, 2.24) is 5.32 Å². The number of rotatable bonds is 7. The summed E-state index contributed by atoms with van der Waals surface area (Å²) in [6.07, 6.45) is 7.69. The Kier molecular flexibility index (Phi) is 5.56. The monoisotopic (exact) mass is 299 g/mol. The van der Waals surface area contributed by atoms with E-state index in [4.69, 9.17) is 23.2 Å². The van der Waals surface area contributed by atoms with Crippen LogP contribution in [0.1, 0.15) is 51.0 Å². The highest BCUT2D eigenvalue weighted by Crippen LogP contribution is 2.44. The molecule has 0 atom stereocenters. The van der Waals surface area contributed by atoms with Gasteiger partial charge in [-0.25, -0.2) is 0 Å². The Labute approximate surface area is 126 Å². The zero-order valence-corrected chi connectivity index (χ0v) is 13.2. The van der Waals surface area contributed by atoms with Crippen LogP contribution in [0.4, 0.5) is 0 Å². The molecule has 106 valence electrons. The molecule has 1 nitrogen and oxygen atoms in total. The molecule has 1 saturated carbocycles. The zero-order valence-electron chi connectivity index (χ0n) is 11.6. The van der Waals surface area contributed by atoms with Crippen molar-refractivity contribution in [2.24, 2.45) is 0 Å². The van der Waals surface area contributed by atoms with Gasteiger partial charge in [0.2, 0.25) is 0 Å². The van der Waals surface area contributed by atoms with Crippen LogP contribution < -0.4 is 5.32 Å². The van der Waals surface area contributed by atoms with Crippen molar-refractivity contribution < 1.29 is 0 Å². The summed E-state index contributed by atoms with van der Waals surface area (Å²) in [6.45, 7) is 4.43. The van der Waals surface area contributed by atoms with Crippen LogP contribution in [0.15, 0.2) is 18.2 Å². The zero-order chi connectivity index (χ0) is 13.7. The van der Waals surface area contributed by atoms with E-state index in [9.17, 15) is 0 Å². The number of nitrogens with one attached hydrogen (secondary N) is 1. The second kappa shape index (κ2) is 6.97. The van der Waals surface area contributed by atoms with Gasteiger partial charge in [-0.2, -0.15) is 0 Å². The molecule has 0 spiro atoms. The van der Waals surface area contributed by atoms with Gasteiger partial charge in [0.15, 0.2) is 0 Å². The molecule has 0 amide bonds. The molecule has 1 aromatic rings. The van der Waals surface area contributed by atoms with E-state index >= 15 is 0 Å². The molecule has 1 N–H and O–H groups in total. The number of halogens is 2. The third-order valence-corrected chi connectivity index (χ3v) is 5.00. The molecule has 1 aromatic carbocycles. The minimum atomic E-state index is 0.292. The molecule has 0 aliphatic heterocycles. The molecule has 19 heavy (non-hydrogen) atoms. The Morgan fingerprint density at radius 1 is 1.16 bits per heavy atom. The molecule has 0 radical (unpaired) electrons. The smallest absolute Gasteiger partial charge is 0.0595 e. The maximum absolute atomic E-state index is 6.15. The van der Waals surface area contributed by atoms with Gasteiger partial charge in [0.25, 0.3) is 0 Å². The fourth-order valence-electron chi connectivity index (χ4n) is 2.82. The van der Waals surface area contributed by atoms with Crippen LogP contribution in [0, 0.1) is 0 Å². The molecule has 2 rings (SSSR count). The summed E-state index contributed by atoms with van der Waals surface area (Å²) < 4.78 is 0. The summed E-state index contributed by atoms with van der Waals surface area (Å²) in [5.41, 5.74) is 1.64. The first-order chi connectivity index (χ1) is 9.18. The SMILES string of the molecule is CCCCCNCC1(c2ccc(Cl)c(Cl)c2)CCC1. The molecule has 1 aliphatic rings. The molecule has 1 fully saturated rings. The van der Waals surface area contributed by atoms with Gasteiger partial charge in [-0.1, -0.05) is 55.5 Å². The number of unbranched alkanes of at least 4 members (excludes halogenated alkanes) is 2. The van der Waals surface area contributed by atoms with Crippen molar-refractivity contribution in [3.8, 4) is 0 Å². The Morgan fingerprint density at radius 2 is 1.95 bits per heavy atom. The maximum atomic E-state index is 6.15. The molecular weight excluding hydrogens is 277 g/mol. The van der Waals surface area contributed by atoms with Gasteiger partial charge < -0.3 is 5.32 Å². The van der Waals surface area contributed by atoms with Crippen molar-refractivity contribution in [1.29, 1.82) is 0 Å². The molecule has 0 heterocycles. The lowest BCUT2D eigenvalue weighted by Crippen LogP contribution is -2.44. The fourth-order valence-corrected chi connectivity index (χ4v) is 3.12. The Balaban J connectivity index is 1.95. The quantitative estimate of drug-likeness (QED) is 0.683. The van der Waals surface area contributed by atoms with Gasteiger partial charge in [0.1, 0.15) is 0 Å². The van der Waals surface area contributed by atoms with Gasteiger partial charge in [-0.05, 0) is 43.5 Å². The van der Waals surface area contributed by atoms with E-state index in [1.54, 1.807) is 0 Å². The van der Waals surface area contributed by atoms with Crippen molar-refractivity contribution in [3.05, 3.63) is 33.8 Å². The first kappa shape index (κ1) is 15.2. The standard InChI is InChI=1S/C16H23Cl2N/c1-2-3-4-10-19-12-16(8-5-9-16)13-6-7-14(17)15(18)11-13/h6-7,11,19H,2-5,8-10,12H2,1H3. The van der Waals surface area contributed by atoms with Crippen LogP contribution in [0.5, 0.6) is 0 Å². The van der Waals surface area contributed by atoms with Crippen LogP contribution >= 0.6 is 23.2 Å². The van der Waals surface area contributed by atoms with E-state index < -0.39 is 0 Å². The Bertz CT molecular complexity index is 413. The third-order valence-electron chi connectivity index (χ3n) is 4.26. The second-order valence-corrected chi connectivity index (χ2v) is 6.46. The van der Waals surface area contributed by atoms with Crippen molar-refractivity contribution in [2.45, 2.75) is 50.9 Å². The minimum Gasteiger partial charge on any atom is -0.316 e. The van der Waals surface area contributed by atoms with Crippen molar-refractivity contribution >= 4 is 23.2 Å². The van der Waals surface area contributed by atoms with E-state index in [-0.39, 0.29) is 0 Å². The summed E-state index contributed by atoms with van der Waals surface area (Å²) in [5, 5.41) is 4.95. The number of hydrogen-bond acceptors (Lipinski definition) is 1. The van der Waals surface area contributed by atoms with Gasteiger partial charge in [0.05, 0.1) is 10.0 Å². The fraction of sp³-hybridized carbons (Fsp3) is 0.625. The van der Waals surface area contributed by atoms with Crippen LogP contribution in [0.2, 0.25) is 10.0 Å². The molecule has 0 aromatic heterocycles. The van der Waals surface area contributed by atoms with Gasteiger partial charge >= 0.3 is 0 Å². The topological polar surface area (TPSA) is 12.0 Å². The van der Waals surface area contributed by atoms with E-state index in [0.29, 0.717) is 15.5 Å². The number of benzene rings is 1. The first-order valence-electron chi connectivity index (χ1n) is 7.34. The summed E-state index contributed by atoms with van der Waals surface area (Å²) in [5.74, 6) is 0. The highest BCUT2D eigenvalue weighted by molar-refractivity contribution is 6.42. The van der Waals surface area contributed by atoms with E-state index in [1.807, 2.05) is 6.07 Å². The molecule has 0 bridgehead atoms. The van der Waals surface area contributed by atoms with E-state index in [2.05, 4.69) is 24.4 Å². The normalized spacial score (nSPS) is 17.2. The molecule has 1 aliphatic carbocycles. The van der Waals surface area contributed by atoms with Crippen LogP contribution in [-0.2, 0) is 5.41 Å². The Morgan fingerprint density at radius 3 is 2.53 bits per heavy atom. The van der Waals surface area contributed by atoms with Crippen molar-refractivity contribution in [2.75, 3.05) is 13.1 Å². The lowest BCUT2D eigenvalue weighted by Gasteiger charge is -2.43.